The topological polar surface area (TPSA) is 52.6 Å². The summed E-state index contributed by atoms with van der Waals surface area (Å²) in [6.45, 7) is 6.34. The SMILES string of the molecule is Cc1ccc2oc3ccc(-c4cc(-c5ccc(-c6cc(-c7ccc8oc9c(C)cccc9c8c7)cc(-c7ccc8oc9c(C)cccc9c8c7)c6)cc5)c5oc6ccccc6c5c4)cc3c2c1. The monoisotopic (exact) mass is 860 g/mol. The lowest BCUT2D eigenvalue weighted by molar-refractivity contribution is 0.665. The normalized spacial score (nSPS) is 12.1. The van der Waals surface area contributed by atoms with Crippen LogP contribution in [0.5, 0.6) is 0 Å². The van der Waals surface area contributed by atoms with Gasteiger partial charge in [0.25, 0.3) is 0 Å². The minimum absolute atomic E-state index is 0.872. The Bertz CT molecular complexity index is 4220. The van der Waals surface area contributed by atoms with Gasteiger partial charge < -0.3 is 17.7 Å². The Labute approximate surface area is 384 Å². The average Bonchev–Trinajstić information content (AvgIpc) is 4.14. The van der Waals surface area contributed by atoms with Gasteiger partial charge in [-0.25, -0.2) is 0 Å². The molecule has 0 atom stereocenters. The standard InChI is InChI=1S/C63H40O4/c1-35-14-22-57-51(26-35)54-32-42(19-23-58(54)64-57)46-33-50(63-55(34-46)47-10-4-5-13-56(47)67-63)39-17-15-38(16-18-39)43-27-44(40-20-24-59-52(30-40)48-11-6-8-36(2)61(48)65-59)29-45(28-43)41-21-25-60-53(31-41)49-12-7-9-37(3)62(49)66-60/h4-34H,1-3H3. The molecule has 10 aromatic carbocycles. The van der Waals surface area contributed by atoms with Crippen LogP contribution >= 0.6 is 0 Å². The maximum Gasteiger partial charge on any atom is 0.143 e. The molecule has 67 heavy (non-hydrogen) atoms. The minimum atomic E-state index is 0.872. The molecule has 0 amide bonds. The van der Waals surface area contributed by atoms with E-state index < -0.39 is 0 Å². The first kappa shape index (κ1) is 37.7. The van der Waals surface area contributed by atoms with Crippen molar-refractivity contribution in [3.63, 3.8) is 0 Å². The van der Waals surface area contributed by atoms with Crippen LogP contribution < -0.4 is 0 Å². The summed E-state index contributed by atoms with van der Waals surface area (Å²) >= 11 is 0. The molecule has 0 aliphatic carbocycles. The molecule has 0 bridgehead atoms. The molecule has 0 saturated heterocycles. The predicted octanol–water partition coefficient (Wildman–Crippen LogP) is 18.5. The lowest BCUT2D eigenvalue weighted by atomic mass is 9.91. The van der Waals surface area contributed by atoms with Crippen LogP contribution in [0.1, 0.15) is 16.7 Å². The van der Waals surface area contributed by atoms with E-state index in [2.05, 4.69) is 203 Å². The lowest BCUT2D eigenvalue weighted by Crippen LogP contribution is -1.88. The van der Waals surface area contributed by atoms with E-state index in [-0.39, 0.29) is 0 Å². The van der Waals surface area contributed by atoms with E-state index in [9.17, 15) is 0 Å². The number of para-hydroxylation sites is 3. The Hall–Kier alpha value is -8.60. The van der Waals surface area contributed by atoms with Crippen LogP contribution in [0.4, 0.5) is 0 Å². The molecule has 14 rings (SSSR count). The summed E-state index contributed by atoms with van der Waals surface area (Å²) in [5.41, 5.74) is 21.8. The maximum absolute atomic E-state index is 6.69. The second-order valence-electron chi connectivity index (χ2n) is 18.2. The molecule has 4 heteroatoms. The summed E-state index contributed by atoms with van der Waals surface area (Å²) in [4.78, 5) is 0. The van der Waals surface area contributed by atoms with Crippen molar-refractivity contribution in [1.82, 2.24) is 0 Å². The molecule has 0 N–H and O–H groups in total. The first-order valence-corrected chi connectivity index (χ1v) is 22.9. The van der Waals surface area contributed by atoms with Gasteiger partial charge >= 0.3 is 0 Å². The number of benzene rings is 10. The van der Waals surface area contributed by atoms with Crippen LogP contribution in [-0.4, -0.2) is 0 Å². The fourth-order valence-corrected chi connectivity index (χ4v) is 10.5. The molecule has 0 saturated carbocycles. The van der Waals surface area contributed by atoms with Crippen molar-refractivity contribution in [3.8, 4) is 55.6 Å². The zero-order valence-corrected chi connectivity index (χ0v) is 37.0. The van der Waals surface area contributed by atoms with E-state index in [1.165, 1.54) is 5.56 Å². The van der Waals surface area contributed by atoms with Gasteiger partial charge in [0.2, 0.25) is 0 Å². The van der Waals surface area contributed by atoms with Gasteiger partial charge in [-0.2, -0.15) is 0 Å². The predicted molar refractivity (Wildman–Crippen MR) is 277 cm³/mol. The summed E-state index contributed by atoms with van der Waals surface area (Å²) < 4.78 is 25.7. The van der Waals surface area contributed by atoms with Crippen molar-refractivity contribution in [3.05, 3.63) is 205 Å². The fourth-order valence-electron chi connectivity index (χ4n) is 10.5. The maximum atomic E-state index is 6.69. The van der Waals surface area contributed by atoms with Gasteiger partial charge in [-0.1, -0.05) is 109 Å². The molecule has 316 valence electrons. The molecular formula is C63H40O4. The molecule has 0 unspecified atom stereocenters. The van der Waals surface area contributed by atoms with E-state index in [0.717, 1.165) is 155 Å². The quantitative estimate of drug-likeness (QED) is 0.173. The van der Waals surface area contributed by atoms with Gasteiger partial charge in [0.15, 0.2) is 0 Å². The second kappa shape index (κ2) is 14.2. The summed E-state index contributed by atoms with van der Waals surface area (Å²) in [6, 6.07) is 67.6. The van der Waals surface area contributed by atoms with Gasteiger partial charge in [0.05, 0.1) is 0 Å². The van der Waals surface area contributed by atoms with Gasteiger partial charge in [-0.3, -0.25) is 0 Å². The molecule has 0 spiro atoms. The van der Waals surface area contributed by atoms with Gasteiger partial charge in [0.1, 0.15) is 44.7 Å². The van der Waals surface area contributed by atoms with E-state index in [0.29, 0.717) is 0 Å². The molecule has 14 aromatic rings. The van der Waals surface area contributed by atoms with E-state index >= 15 is 0 Å². The molecule has 4 heterocycles. The van der Waals surface area contributed by atoms with Crippen LogP contribution in [0.15, 0.2) is 206 Å². The third kappa shape index (κ3) is 5.93. The largest absolute Gasteiger partial charge is 0.456 e. The third-order valence-corrected chi connectivity index (χ3v) is 14.0. The average molecular weight is 861 g/mol. The van der Waals surface area contributed by atoms with Crippen molar-refractivity contribution in [2.45, 2.75) is 20.8 Å². The summed E-state index contributed by atoms with van der Waals surface area (Å²) in [5, 5.41) is 8.92. The Morgan fingerprint density at radius 3 is 1.27 bits per heavy atom. The first-order chi connectivity index (χ1) is 32.9. The number of hydrogen-bond donors (Lipinski definition) is 0. The Balaban J connectivity index is 0.925. The van der Waals surface area contributed by atoms with Crippen LogP contribution in [0, 0.1) is 20.8 Å². The van der Waals surface area contributed by atoms with Gasteiger partial charge in [-0.05, 0) is 167 Å². The lowest BCUT2D eigenvalue weighted by Gasteiger charge is -2.13. The number of furan rings is 4. The summed E-state index contributed by atoms with van der Waals surface area (Å²) in [6.07, 6.45) is 0. The number of rotatable bonds is 5. The molecule has 4 aromatic heterocycles. The van der Waals surface area contributed by atoms with E-state index in [1.54, 1.807) is 0 Å². The summed E-state index contributed by atoms with van der Waals surface area (Å²) in [5.74, 6) is 0. The zero-order chi connectivity index (χ0) is 44.5. The molecular weight excluding hydrogens is 821 g/mol. The van der Waals surface area contributed by atoms with Crippen molar-refractivity contribution in [1.29, 1.82) is 0 Å². The molecule has 0 fully saturated rings. The Morgan fingerprint density at radius 1 is 0.239 bits per heavy atom. The molecule has 0 radical (unpaired) electrons. The minimum Gasteiger partial charge on any atom is -0.456 e. The number of fused-ring (bicyclic) bond motifs is 12. The highest BCUT2D eigenvalue weighted by molar-refractivity contribution is 6.13. The van der Waals surface area contributed by atoms with Crippen molar-refractivity contribution < 1.29 is 17.7 Å². The van der Waals surface area contributed by atoms with Crippen molar-refractivity contribution in [2.75, 3.05) is 0 Å². The Kier molecular flexibility index (Phi) is 8.00. The van der Waals surface area contributed by atoms with Crippen molar-refractivity contribution >= 4 is 87.8 Å². The van der Waals surface area contributed by atoms with Crippen LogP contribution in [-0.2, 0) is 0 Å². The Morgan fingerprint density at radius 2 is 0.657 bits per heavy atom. The third-order valence-electron chi connectivity index (χ3n) is 14.0. The van der Waals surface area contributed by atoms with Gasteiger partial charge in [0, 0.05) is 48.7 Å². The molecule has 4 nitrogen and oxygen atoms in total. The molecule has 0 aliphatic rings. The van der Waals surface area contributed by atoms with Crippen LogP contribution in [0.3, 0.4) is 0 Å². The van der Waals surface area contributed by atoms with Crippen LogP contribution in [0.25, 0.3) is 143 Å². The van der Waals surface area contributed by atoms with E-state index in [4.69, 9.17) is 17.7 Å². The van der Waals surface area contributed by atoms with Crippen LogP contribution in [0.2, 0.25) is 0 Å². The number of aryl methyl sites for hydroxylation is 3. The zero-order valence-electron chi connectivity index (χ0n) is 37.0. The highest BCUT2D eigenvalue weighted by Gasteiger charge is 2.19. The van der Waals surface area contributed by atoms with E-state index in [1.807, 2.05) is 6.07 Å². The number of hydrogen-bond acceptors (Lipinski definition) is 4. The smallest absolute Gasteiger partial charge is 0.143 e. The second-order valence-corrected chi connectivity index (χ2v) is 18.2. The first-order valence-electron chi connectivity index (χ1n) is 22.9. The fraction of sp³-hybridized carbons (Fsp3) is 0.0476. The van der Waals surface area contributed by atoms with Gasteiger partial charge in [-0.15, -0.1) is 0 Å². The highest BCUT2D eigenvalue weighted by atomic mass is 16.3. The van der Waals surface area contributed by atoms with Crippen molar-refractivity contribution in [2.24, 2.45) is 0 Å². The highest BCUT2D eigenvalue weighted by Crippen LogP contribution is 2.43. The summed E-state index contributed by atoms with van der Waals surface area (Å²) in [7, 11) is 0. The molecule has 0 aliphatic heterocycles.